The molecule has 0 radical (unpaired) electrons. The Labute approximate surface area is 152 Å². The second-order valence-electron chi connectivity index (χ2n) is 6.92. The molecule has 26 heavy (non-hydrogen) atoms. The van der Waals surface area contributed by atoms with Gasteiger partial charge in [-0.05, 0) is 43.4 Å². The third-order valence-corrected chi connectivity index (χ3v) is 5.03. The van der Waals surface area contributed by atoms with Crippen LogP contribution in [0.5, 0.6) is 5.75 Å². The van der Waals surface area contributed by atoms with Gasteiger partial charge in [0, 0.05) is 19.2 Å². The Hall–Kier alpha value is -2.57. The van der Waals surface area contributed by atoms with Crippen LogP contribution >= 0.6 is 0 Å². The highest BCUT2D eigenvalue weighted by Crippen LogP contribution is 2.28. The molecule has 1 N–H and O–H groups in total. The van der Waals surface area contributed by atoms with E-state index in [0.29, 0.717) is 31.2 Å². The molecule has 7 heteroatoms. The molecule has 1 saturated carbocycles. The first-order chi connectivity index (χ1) is 12.5. The van der Waals surface area contributed by atoms with Crippen molar-refractivity contribution >= 4 is 17.8 Å². The molecule has 1 aliphatic heterocycles. The van der Waals surface area contributed by atoms with Crippen LogP contribution in [0.1, 0.15) is 46.4 Å². The van der Waals surface area contributed by atoms with Gasteiger partial charge in [0.05, 0.1) is 19.3 Å². The van der Waals surface area contributed by atoms with Gasteiger partial charge < -0.3 is 19.7 Å². The Morgan fingerprint density at radius 3 is 2.50 bits per heavy atom. The fraction of sp³-hybridized carbons (Fsp3) is 0.526. The summed E-state index contributed by atoms with van der Waals surface area (Å²) in [5.41, 5.74) is 0.525. The lowest BCUT2D eigenvalue weighted by Crippen LogP contribution is -2.40. The van der Waals surface area contributed by atoms with Crippen LogP contribution in [0.3, 0.4) is 0 Å². The van der Waals surface area contributed by atoms with Gasteiger partial charge >= 0.3 is 5.97 Å². The van der Waals surface area contributed by atoms with Gasteiger partial charge in [0.1, 0.15) is 11.8 Å². The number of hydrogen-bond acceptors (Lipinski definition) is 5. The minimum absolute atomic E-state index is 0.107. The van der Waals surface area contributed by atoms with Crippen LogP contribution in [0, 0.1) is 5.92 Å². The number of nitrogens with one attached hydrogen (secondary N) is 1. The topological polar surface area (TPSA) is 84.9 Å². The summed E-state index contributed by atoms with van der Waals surface area (Å²) in [5, 5.41) is 2.74. The van der Waals surface area contributed by atoms with E-state index in [1.54, 1.807) is 24.1 Å². The predicted octanol–water partition coefficient (Wildman–Crippen LogP) is 1.61. The van der Waals surface area contributed by atoms with Gasteiger partial charge in [0.2, 0.25) is 5.91 Å². The van der Waals surface area contributed by atoms with Crippen LogP contribution in [0.15, 0.2) is 18.2 Å². The molecule has 1 saturated heterocycles. The lowest BCUT2D eigenvalue weighted by molar-refractivity contribution is -0.128. The van der Waals surface area contributed by atoms with E-state index in [1.165, 1.54) is 19.6 Å². The molecule has 1 aromatic carbocycles. The number of methoxy groups -OCH3 is 1. The molecular weight excluding hydrogens is 336 g/mol. The van der Waals surface area contributed by atoms with Crippen LogP contribution in [-0.2, 0) is 9.53 Å². The first-order valence-corrected chi connectivity index (χ1v) is 8.90. The average molecular weight is 360 g/mol. The summed E-state index contributed by atoms with van der Waals surface area (Å²) in [6.07, 6.45) is 4.07. The van der Waals surface area contributed by atoms with Crippen LogP contribution < -0.4 is 10.1 Å². The molecule has 2 amide bonds. The number of likely N-dealkylation sites (tertiary alicyclic amines) is 1. The average Bonchev–Trinajstić information content (AvgIpc) is 2.91. The molecule has 3 rings (SSSR count). The molecule has 0 unspecified atom stereocenters. The summed E-state index contributed by atoms with van der Waals surface area (Å²) in [5.74, 6) is -0.0628. The Morgan fingerprint density at radius 1 is 1.19 bits per heavy atom. The molecule has 1 aromatic rings. The predicted molar refractivity (Wildman–Crippen MR) is 94.1 cm³/mol. The van der Waals surface area contributed by atoms with Gasteiger partial charge in [-0.1, -0.05) is 6.42 Å². The fourth-order valence-electron chi connectivity index (χ4n) is 3.12. The number of likely N-dealkylation sites (N-methyl/N-ethyl adjacent to an activating group) is 1. The van der Waals surface area contributed by atoms with Crippen LogP contribution in [0.25, 0.3) is 0 Å². The highest BCUT2D eigenvalue weighted by atomic mass is 16.5. The van der Waals surface area contributed by atoms with Gasteiger partial charge in [-0.2, -0.15) is 0 Å². The van der Waals surface area contributed by atoms with Crippen molar-refractivity contribution in [2.75, 3.05) is 27.3 Å². The quantitative estimate of drug-likeness (QED) is 0.779. The smallest absolute Gasteiger partial charge is 0.338 e. The van der Waals surface area contributed by atoms with Crippen molar-refractivity contribution in [3.05, 3.63) is 29.3 Å². The lowest BCUT2D eigenvalue weighted by Gasteiger charge is -2.25. The van der Waals surface area contributed by atoms with Gasteiger partial charge in [-0.15, -0.1) is 0 Å². The lowest BCUT2D eigenvalue weighted by atomic mass is 9.86. The molecule has 1 atom stereocenters. The number of esters is 1. The second kappa shape index (κ2) is 7.76. The number of hydrogen-bond donors (Lipinski definition) is 1. The highest BCUT2D eigenvalue weighted by Gasteiger charge is 2.30. The number of carbonyl (C=O) groups excluding carboxylic acids is 3. The van der Waals surface area contributed by atoms with E-state index in [2.05, 4.69) is 5.32 Å². The van der Waals surface area contributed by atoms with E-state index >= 15 is 0 Å². The molecule has 1 aliphatic carbocycles. The molecule has 140 valence electrons. The molecule has 2 fully saturated rings. The Morgan fingerprint density at radius 2 is 1.92 bits per heavy atom. The first kappa shape index (κ1) is 18.2. The van der Waals surface area contributed by atoms with Crippen molar-refractivity contribution in [2.45, 2.75) is 31.7 Å². The number of amides is 2. The molecule has 0 spiro atoms. The first-order valence-electron chi connectivity index (χ1n) is 8.90. The number of carbonyl (C=O) groups is 3. The third kappa shape index (κ3) is 3.98. The van der Waals surface area contributed by atoms with Gasteiger partial charge in [0.25, 0.3) is 5.91 Å². The zero-order valence-electron chi connectivity index (χ0n) is 15.1. The Bertz CT molecular complexity index is 714. The maximum Gasteiger partial charge on any atom is 0.338 e. The molecule has 7 nitrogen and oxygen atoms in total. The summed E-state index contributed by atoms with van der Waals surface area (Å²) in [6, 6.07) is 4.11. The van der Waals surface area contributed by atoms with Crippen LogP contribution in [0.2, 0.25) is 0 Å². The zero-order valence-corrected chi connectivity index (χ0v) is 15.1. The van der Waals surface area contributed by atoms with Gasteiger partial charge in [-0.3, -0.25) is 9.59 Å². The molecule has 0 aromatic heterocycles. The van der Waals surface area contributed by atoms with Gasteiger partial charge in [-0.25, -0.2) is 4.79 Å². The largest absolute Gasteiger partial charge is 0.493 e. The maximum absolute atomic E-state index is 12.6. The maximum atomic E-state index is 12.6. The summed E-state index contributed by atoms with van der Waals surface area (Å²) in [4.78, 5) is 38.1. The van der Waals surface area contributed by atoms with Crippen molar-refractivity contribution in [1.82, 2.24) is 10.2 Å². The zero-order chi connectivity index (χ0) is 18.7. The molecule has 0 bridgehead atoms. The summed E-state index contributed by atoms with van der Waals surface area (Å²) in [7, 11) is 3.00. The van der Waals surface area contributed by atoms with Crippen molar-refractivity contribution in [1.29, 1.82) is 0 Å². The number of ether oxygens (including phenoxy) is 2. The molecular formula is C19H24N2O5. The number of nitrogens with zero attached hydrogens (tertiary/aromatic N) is 1. The highest BCUT2D eigenvalue weighted by molar-refractivity contribution is 6.00. The summed E-state index contributed by atoms with van der Waals surface area (Å²) >= 11 is 0. The van der Waals surface area contributed by atoms with E-state index in [9.17, 15) is 14.4 Å². The van der Waals surface area contributed by atoms with Gasteiger partial charge in [0.15, 0.2) is 0 Å². The molecule has 2 aliphatic rings. The normalized spacial score (nSPS) is 19.8. The SMILES string of the molecule is COC(=O)c1cc(OCC2CCC2)cc(C(=O)N[C@@H]2CCN(C)C2=O)c1. The second-order valence-corrected chi connectivity index (χ2v) is 6.92. The van der Waals surface area contributed by atoms with Crippen molar-refractivity contribution < 1.29 is 23.9 Å². The van der Waals surface area contributed by atoms with Crippen LogP contribution in [-0.4, -0.2) is 56.0 Å². The number of benzene rings is 1. The third-order valence-electron chi connectivity index (χ3n) is 5.03. The Kier molecular flexibility index (Phi) is 5.44. The standard InChI is InChI=1S/C19H24N2O5/c1-21-7-6-16(18(21)23)20-17(22)13-8-14(19(24)25-2)10-15(9-13)26-11-12-4-3-5-12/h8-10,12,16H,3-7,11H2,1-2H3,(H,20,22)/t16-/m1/s1. The molecule has 1 heterocycles. The summed E-state index contributed by atoms with van der Waals surface area (Å²) < 4.78 is 10.5. The fourth-order valence-corrected chi connectivity index (χ4v) is 3.12. The van der Waals surface area contributed by atoms with E-state index in [4.69, 9.17) is 9.47 Å². The van der Waals surface area contributed by atoms with E-state index in [-0.39, 0.29) is 17.0 Å². The van der Waals surface area contributed by atoms with Crippen molar-refractivity contribution in [3.63, 3.8) is 0 Å². The van der Waals surface area contributed by atoms with Crippen molar-refractivity contribution in [3.8, 4) is 5.75 Å². The monoisotopic (exact) mass is 360 g/mol. The van der Waals surface area contributed by atoms with E-state index < -0.39 is 17.9 Å². The number of rotatable bonds is 6. The Balaban J connectivity index is 1.76. The van der Waals surface area contributed by atoms with Crippen LogP contribution in [0.4, 0.5) is 0 Å². The minimum atomic E-state index is -0.537. The minimum Gasteiger partial charge on any atom is -0.493 e. The summed E-state index contributed by atoms with van der Waals surface area (Å²) in [6.45, 7) is 1.18. The van der Waals surface area contributed by atoms with E-state index in [0.717, 1.165) is 12.8 Å². The van der Waals surface area contributed by atoms with E-state index in [1.807, 2.05) is 0 Å². The van der Waals surface area contributed by atoms with Crippen molar-refractivity contribution in [2.24, 2.45) is 5.92 Å².